The number of aromatic nitrogens is 3. The second-order valence-corrected chi connectivity index (χ2v) is 8.09. The third kappa shape index (κ3) is 4.36. The number of hydrogen-bond donors (Lipinski definition) is 0. The summed E-state index contributed by atoms with van der Waals surface area (Å²) in [6, 6.07) is 12.0. The van der Waals surface area contributed by atoms with Crippen LogP contribution in [0.3, 0.4) is 0 Å². The van der Waals surface area contributed by atoms with Crippen molar-refractivity contribution in [3.8, 4) is 0 Å². The van der Waals surface area contributed by atoms with Crippen molar-refractivity contribution in [2.24, 2.45) is 0 Å². The quantitative estimate of drug-likeness (QED) is 0.534. The van der Waals surface area contributed by atoms with Crippen molar-refractivity contribution in [3.05, 3.63) is 65.1 Å². The zero-order valence-corrected chi connectivity index (χ0v) is 17.2. The number of benzene rings is 1. The van der Waals surface area contributed by atoms with E-state index >= 15 is 0 Å². The summed E-state index contributed by atoms with van der Waals surface area (Å²) < 4.78 is 43.4. The molecule has 0 aliphatic carbocycles. The minimum Gasteiger partial charge on any atom is -0.299 e. The second-order valence-electron chi connectivity index (χ2n) is 8.09. The maximum atomic E-state index is 14.0. The van der Waals surface area contributed by atoms with E-state index in [1.54, 1.807) is 12.3 Å². The molecule has 2 aromatic heterocycles. The van der Waals surface area contributed by atoms with Crippen molar-refractivity contribution in [2.45, 2.75) is 57.7 Å². The summed E-state index contributed by atoms with van der Waals surface area (Å²) in [7, 11) is 0. The highest BCUT2D eigenvalue weighted by Gasteiger charge is 2.38. The average Bonchev–Trinajstić information content (AvgIpc) is 3.15. The lowest BCUT2D eigenvalue weighted by Gasteiger charge is -2.32. The SMILES string of the molecule is CCCCc1nnc2c(C(F)(F)F)c(CN3CCC(c4ccccc4)CC3)ccn12. The molecule has 3 aromatic rings. The standard InChI is InChI=1S/C23H27F3N4/c1-2-3-9-20-27-28-22-21(23(24,25)26)19(12-15-30(20)22)16-29-13-10-18(11-14-29)17-7-5-4-6-8-17/h4-8,12,15,18H,2-3,9-11,13-14,16H2,1H3. The Labute approximate surface area is 174 Å². The van der Waals surface area contributed by atoms with Crippen LogP contribution in [0, 0.1) is 0 Å². The summed E-state index contributed by atoms with van der Waals surface area (Å²) in [5.41, 5.74) is 0.871. The lowest BCUT2D eigenvalue weighted by atomic mass is 9.89. The Balaban J connectivity index is 1.54. The number of aryl methyl sites for hydroxylation is 1. The zero-order valence-electron chi connectivity index (χ0n) is 17.2. The number of unbranched alkanes of at least 4 members (excludes halogenated alkanes) is 1. The van der Waals surface area contributed by atoms with Gasteiger partial charge in [0.15, 0.2) is 5.65 Å². The van der Waals surface area contributed by atoms with Gasteiger partial charge in [-0.05, 0) is 55.5 Å². The van der Waals surface area contributed by atoms with E-state index in [2.05, 4.69) is 27.2 Å². The average molecular weight is 416 g/mol. The highest BCUT2D eigenvalue weighted by atomic mass is 19.4. The molecule has 0 radical (unpaired) electrons. The largest absolute Gasteiger partial charge is 0.420 e. The number of piperidine rings is 1. The number of hydrogen-bond acceptors (Lipinski definition) is 3. The van der Waals surface area contributed by atoms with E-state index in [4.69, 9.17) is 0 Å². The van der Waals surface area contributed by atoms with Crippen LogP contribution >= 0.6 is 0 Å². The predicted octanol–water partition coefficient (Wildman–Crippen LogP) is 5.47. The summed E-state index contributed by atoms with van der Waals surface area (Å²) >= 11 is 0. The summed E-state index contributed by atoms with van der Waals surface area (Å²) in [6.45, 7) is 3.90. The van der Waals surface area contributed by atoms with Gasteiger partial charge >= 0.3 is 6.18 Å². The van der Waals surface area contributed by atoms with Crippen LogP contribution in [0.15, 0.2) is 42.6 Å². The van der Waals surface area contributed by atoms with Gasteiger partial charge in [0.1, 0.15) is 11.4 Å². The first-order valence-corrected chi connectivity index (χ1v) is 10.7. The Hall–Kier alpha value is -2.41. The van der Waals surface area contributed by atoms with Crippen LogP contribution in [-0.4, -0.2) is 32.6 Å². The first-order valence-electron chi connectivity index (χ1n) is 10.7. The fraction of sp³-hybridized carbons (Fsp3) is 0.478. The molecule has 0 amide bonds. The van der Waals surface area contributed by atoms with Crippen LogP contribution in [0.2, 0.25) is 0 Å². The molecule has 160 valence electrons. The molecule has 0 N–H and O–H groups in total. The molecule has 0 saturated carbocycles. The number of fused-ring (bicyclic) bond motifs is 1. The van der Waals surface area contributed by atoms with Crippen LogP contribution in [0.4, 0.5) is 13.2 Å². The van der Waals surface area contributed by atoms with Gasteiger partial charge < -0.3 is 0 Å². The number of alkyl halides is 3. The number of rotatable bonds is 6. The maximum absolute atomic E-state index is 14.0. The molecule has 4 nitrogen and oxygen atoms in total. The highest BCUT2D eigenvalue weighted by Crippen LogP contribution is 2.36. The van der Waals surface area contributed by atoms with Crippen molar-refractivity contribution >= 4 is 5.65 Å². The number of pyridine rings is 1. The Morgan fingerprint density at radius 3 is 2.43 bits per heavy atom. The predicted molar refractivity (Wildman–Crippen MR) is 110 cm³/mol. The molecule has 3 heterocycles. The van der Waals surface area contributed by atoms with E-state index in [0.29, 0.717) is 18.2 Å². The van der Waals surface area contributed by atoms with Gasteiger partial charge in [0.2, 0.25) is 0 Å². The summed E-state index contributed by atoms with van der Waals surface area (Å²) in [5, 5.41) is 7.96. The molecule has 0 unspecified atom stereocenters. The fourth-order valence-corrected chi connectivity index (χ4v) is 4.38. The van der Waals surface area contributed by atoms with Gasteiger partial charge in [0, 0.05) is 19.2 Å². The number of nitrogens with zero attached hydrogens (tertiary/aromatic N) is 4. The Kier molecular flexibility index (Phi) is 6.09. The lowest BCUT2D eigenvalue weighted by molar-refractivity contribution is -0.137. The van der Waals surface area contributed by atoms with Gasteiger partial charge in [0.25, 0.3) is 0 Å². The molecule has 0 spiro atoms. The molecule has 7 heteroatoms. The second kappa shape index (κ2) is 8.76. The third-order valence-electron chi connectivity index (χ3n) is 6.03. The number of halogens is 3. The molecule has 0 bridgehead atoms. The van der Waals surface area contributed by atoms with Crippen molar-refractivity contribution in [2.75, 3.05) is 13.1 Å². The van der Waals surface area contributed by atoms with Crippen LogP contribution < -0.4 is 0 Å². The van der Waals surface area contributed by atoms with Crippen molar-refractivity contribution in [3.63, 3.8) is 0 Å². The Bertz CT molecular complexity index is 973. The minimum absolute atomic E-state index is 0.0784. The van der Waals surface area contributed by atoms with Crippen LogP contribution in [0.25, 0.3) is 5.65 Å². The smallest absolute Gasteiger partial charge is 0.299 e. The van der Waals surface area contributed by atoms with E-state index in [1.807, 2.05) is 25.1 Å². The molecule has 1 saturated heterocycles. The molecule has 0 atom stereocenters. The lowest BCUT2D eigenvalue weighted by Crippen LogP contribution is -2.33. The van der Waals surface area contributed by atoms with Crippen LogP contribution in [0.1, 0.15) is 61.0 Å². The third-order valence-corrected chi connectivity index (χ3v) is 6.03. The van der Waals surface area contributed by atoms with Crippen LogP contribution in [0.5, 0.6) is 0 Å². The van der Waals surface area contributed by atoms with Gasteiger partial charge in [-0.2, -0.15) is 13.2 Å². The monoisotopic (exact) mass is 416 g/mol. The molecule has 1 aliphatic rings. The van der Waals surface area contributed by atoms with Gasteiger partial charge in [-0.1, -0.05) is 43.7 Å². The summed E-state index contributed by atoms with van der Waals surface area (Å²) in [5.74, 6) is 1.07. The highest BCUT2D eigenvalue weighted by molar-refractivity contribution is 5.53. The van der Waals surface area contributed by atoms with Gasteiger partial charge in [-0.25, -0.2) is 0 Å². The van der Waals surface area contributed by atoms with Crippen molar-refractivity contribution < 1.29 is 13.2 Å². The zero-order chi connectivity index (χ0) is 21.1. The molecule has 30 heavy (non-hydrogen) atoms. The summed E-state index contributed by atoms with van der Waals surface area (Å²) in [6.07, 6.45) is 1.61. The van der Waals surface area contributed by atoms with Gasteiger partial charge in [-0.3, -0.25) is 9.30 Å². The molecule has 1 aliphatic heterocycles. The molecular weight excluding hydrogens is 389 g/mol. The van der Waals surface area contributed by atoms with E-state index < -0.39 is 11.7 Å². The first-order chi connectivity index (χ1) is 14.5. The first kappa shape index (κ1) is 20.8. The fourth-order valence-electron chi connectivity index (χ4n) is 4.38. The normalized spacial score (nSPS) is 16.4. The Morgan fingerprint density at radius 1 is 1.03 bits per heavy atom. The van der Waals surface area contributed by atoms with E-state index in [0.717, 1.165) is 38.8 Å². The van der Waals surface area contributed by atoms with E-state index in [-0.39, 0.29) is 17.8 Å². The van der Waals surface area contributed by atoms with Crippen molar-refractivity contribution in [1.29, 1.82) is 0 Å². The molecular formula is C23H27F3N4. The molecule has 1 aromatic carbocycles. The summed E-state index contributed by atoms with van der Waals surface area (Å²) in [4.78, 5) is 2.12. The molecule has 4 rings (SSSR count). The number of likely N-dealkylation sites (tertiary alicyclic amines) is 1. The van der Waals surface area contributed by atoms with E-state index in [1.165, 1.54) is 9.96 Å². The van der Waals surface area contributed by atoms with Crippen molar-refractivity contribution in [1.82, 2.24) is 19.5 Å². The van der Waals surface area contributed by atoms with Crippen LogP contribution in [-0.2, 0) is 19.1 Å². The maximum Gasteiger partial charge on any atom is 0.420 e. The minimum atomic E-state index is -4.46. The molecule has 1 fully saturated rings. The Morgan fingerprint density at radius 2 is 1.77 bits per heavy atom. The van der Waals surface area contributed by atoms with Gasteiger partial charge in [-0.15, -0.1) is 10.2 Å². The van der Waals surface area contributed by atoms with E-state index in [9.17, 15) is 13.2 Å². The van der Waals surface area contributed by atoms with Gasteiger partial charge in [0.05, 0.1) is 0 Å². The topological polar surface area (TPSA) is 33.4 Å².